The highest BCUT2D eigenvalue weighted by Crippen LogP contribution is 2.24. The van der Waals surface area contributed by atoms with E-state index in [9.17, 15) is 10.2 Å². The first kappa shape index (κ1) is 19.0. The number of phenols is 2. The second-order valence-corrected chi connectivity index (χ2v) is 8.38. The average molecular weight is 365 g/mol. The molecule has 130 valence electrons. The highest BCUT2D eigenvalue weighted by molar-refractivity contribution is 8.76. The number of aromatic hydroxyl groups is 2. The Hall–Kier alpha value is -1.34. The van der Waals surface area contributed by atoms with Crippen molar-refractivity contribution in [2.45, 2.75) is 24.9 Å². The van der Waals surface area contributed by atoms with E-state index in [2.05, 4.69) is 0 Å². The zero-order valence-electron chi connectivity index (χ0n) is 13.5. The maximum Gasteiger partial charge on any atom is 0.115 e. The van der Waals surface area contributed by atoms with Gasteiger partial charge in [-0.1, -0.05) is 45.9 Å². The van der Waals surface area contributed by atoms with Gasteiger partial charge in [0.15, 0.2) is 0 Å². The minimum Gasteiger partial charge on any atom is -0.508 e. The smallest absolute Gasteiger partial charge is 0.115 e. The summed E-state index contributed by atoms with van der Waals surface area (Å²) in [6.07, 6.45) is 1.60. The zero-order valence-corrected chi connectivity index (χ0v) is 15.1. The lowest BCUT2D eigenvalue weighted by atomic mass is 10.1. The van der Waals surface area contributed by atoms with Crippen LogP contribution in [0.3, 0.4) is 0 Å². The van der Waals surface area contributed by atoms with E-state index in [0.717, 1.165) is 35.5 Å². The largest absolute Gasteiger partial charge is 0.508 e. The number of phenolic OH excluding ortho intramolecular Hbond substituents is 2. The Balaban J connectivity index is 1.61. The molecule has 2 atom stereocenters. The second kappa shape index (κ2) is 9.84. The molecule has 0 fully saturated rings. The molecule has 0 saturated heterocycles. The SMILES string of the molecule is N[C@H](CSSC[C@@H](N)Cc1ccc(O)cc1)Cc1ccc(O)cc1. The molecular weight excluding hydrogens is 340 g/mol. The van der Waals surface area contributed by atoms with E-state index in [1.165, 1.54) is 0 Å². The van der Waals surface area contributed by atoms with Crippen LogP contribution >= 0.6 is 21.6 Å². The fourth-order valence-electron chi connectivity index (χ4n) is 2.26. The Morgan fingerprint density at radius 3 is 1.33 bits per heavy atom. The van der Waals surface area contributed by atoms with Gasteiger partial charge in [0.1, 0.15) is 11.5 Å². The van der Waals surface area contributed by atoms with Gasteiger partial charge in [-0.15, -0.1) is 0 Å². The maximum atomic E-state index is 9.27. The third kappa shape index (κ3) is 7.05. The van der Waals surface area contributed by atoms with Gasteiger partial charge in [0.2, 0.25) is 0 Å². The second-order valence-electron chi connectivity index (χ2n) is 5.83. The van der Waals surface area contributed by atoms with Gasteiger partial charge in [-0.05, 0) is 48.2 Å². The van der Waals surface area contributed by atoms with Gasteiger partial charge in [0.05, 0.1) is 0 Å². The summed E-state index contributed by atoms with van der Waals surface area (Å²) in [5, 5.41) is 18.5. The maximum absolute atomic E-state index is 9.27. The van der Waals surface area contributed by atoms with Gasteiger partial charge in [-0.25, -0.2) is 0 Å². The number of rotatable bonds is 9. The number of benzene rings is 2. The molecule has 0 amide bonds. The van der Waals surface area contributed by atoms with Crippen LogP contribution in [0.2, 0.25) is 0 Å². The van der Waals surface area contributed by atoms with E-state index >= 15 is 0 Å². The van der Waals surface area contributed by atoms with Crippen molar-refractivity contribution in [3.63, 3.8) is 0 Å². The van der Waals surface area contributed by atoms with Gasteiger partial charge in [-0.3, -0.25) is 0 Å². The van der Waals surface area contributed by atoms with Crippen LogP contribution < -0.4 is 11.5 Å². The van der Waals surface area contributed by atoms with Crippen molar-refractivity contribution < 1.29 is 10.2 Å². The van der Waals surface area contributed by atoms with E-state index in [1.807, 2.05) is 24.3 Å². The van der Waals surface area contributed by atoms with Crippen LogP contribution in [-0.4, -0.2) is 33.8 Å². The van der Waals surface area contributed by atoms with E-state index in [1.54, 1.807) is 45.9 Å². The molecule has 0 saturated carbocycles. The van der Waals surface area contributed by atoms with Crippen LogP contribution in [0.5, 0.6) is 11.5 Å². The van der Waals surface area contributed by atoms with E-state index in [-0.39, 0.29) is 23.6 Å². The van der Waals surface area contributed by atoms with Gasteiger partial charge in [0.25, 0.3) is 0 Å². The van der Waals surface area contributed by atoms with Gasteiger partial charge >= 0.3 is 0 Å². The summed E-state index contributed by atoms with van der Waals surface area (Å²) in [5.41, 5.74) is 14.6. The minimum atomic E-state index is 0.0837. The molecule has 0 aliphatic carbocycles. The van der Waals surface area contributed by atoms with E-state index in [0.29, 0.717) is 0 Å². The van der Waals surface area contributed by atoms with Crippen molar-refractivity contribution in [2.75, 3.05) is 11.5 Å². The molecule has 6 N–H and O–H groups in total. The number of hydrogen-bond donors (Lipinski definition) is 4. The fourth-order valence-corrected chi connectivity index (χ4v) is 4.66. The van der Waals surface area contributed by atoms with Gasteiger partial charge in [0, 0.05) is 23.6 Å². The first-order valence-electron chi connectivity index (χ1n) is 7.84. The predicted molar refractivity (Wildman–Crippen MR) is 104 cm³/mol. The molecule has 0 unspecified atom stereocenters. The predicted octanol–water partition coefficient (Wildman–Crippen LogP) is 2.92. The lowest BCUT2D eigenvalue weighted by molar-refractivity contribution is 0.474. The molecule has 2 aromatic rings. The van der Waals surface area contributed by atoms with Crippen LogP contribution in [-0.2, 0) is 12.8 Å². The summed E-state index contributed by atoms with van der Waals surface area (Å²) < 4.78 is 0. The van der Waals surface area contributed by atoms with Crippen molar-refractivity contribution in [1.82, 2.24) is 0 Å². The molecule has 4 nitrogen and oxygen atoms in total. The third-order valence-electron chi connectivity index (χ3n) is 3.52. The molecule has 24 heavy (non-hydrogen) atoms. The number of nitrogens with two attached hydrogens (primary N) is 2. The lowest BCUT2D eigenvalue weighted by Crippen LogP contribution is -2.26. The Kier molecular flexibility index (Phi) is 7.78. The third-order valence-corrected chi connectivity index (χ3v) is 6.13. The summed E-state index contributed by atoms with van der Waals surface area (Å²) in [6, 6.07) is 14.5. The summed E-state index contributed by atoms with van der Waals surface area (Å²) in [4.78, 5) is 0. The molecule has 0 spiro atoms. The summed E-state index contributed by atoms with van der Waals surface area (Å²) in [7, 11) is 3.49. The van der Waals surface area contributed by atoms with Gasteiger partial charge in [-0.2, -0.15) is 0 Å². The molecule has 0 radical (unpaired) electrons. The normalized spacial score (nSPS) is 13.6. The monoisotopic (exact) mass is 364 g/mol. The molecule has 2 rings (SSSR count). The lowest BCUT2D eigenvalue weighted by Gasteiger charge is -2.13. The Labute approximate surface area is 151 Å². The Bertz CT molecular complexity index is 550. The Morgan fingerprint density at radius 1 is 0.667 bits per heavy atom. The van der Waals surface area contributed by atoms with Crippen LogP contribution in [0.4, 0.5) is 0 Å². The Morgan fingerprint density at radius 2 is 1.00 bits per heavy atom. The molecule has 0 aromatic heterocycles. The molecular formula is C18H24N2O2S2. The molecule has 2 aromatic carbocycles. The standard InChI is InChI=1S/C18H24N2O2S2/c19-15(9-13-1-5-17(21)6-2-13)11-23-24-12-16(20)10-14-3-7-18(22)8-4-14/h1-8,15-16,21-22H,9-12,19-20H2/t15-,16-/m0/s1. The van der Waals surface area contributed by atoms with Crippen LogP contribution in [0.25, 0.3) is 0 Å². The first-order valence-corrected chi connectivity index (χ1v) is 10.3. The topological polar surface area (TPSA) is 92.5 Å². The van der Waals surface area contributed by atoms with Crippen LogP contribution in [0.15, 0.2) is 48.5 Å². The summed E-state index contributed by atoms with van der Waals surface area (Å²) in [5.74, 6) is 2.27. The quantitative estimate of drug-likeness (QED) is 0.404. The van der Waals surface area contributed by atoms with Crippen molar-refractivity contribution in [2.24, 2.45) is 11.5 Å². The van der Waals surface area contributed by atoms with Crippen LogP contribution in [0.1, 0.15) is 11.1 Å². The van der Waals surface area contributed by atoms with Crippen molar-refractivity contribution in [1.29, 1.82) is 0 Å². The summed E-state index contributed by atoms with van der Waals surface area (Å²) >= 11 is 0. The highest BCUT2D eigenvalue weighted by Gasteiger charge is 2.08. The molecule has 0 aliphatic rings. The number of hydrogen-bond acceptors (Lipinski definition) is 6. The van der Waals surface area contributed by atoms with Crippen molar-refractivity contribution in [3.05, 3.63) is 59.7 Å². The van der Waals surface area contributed by atoms with Crippen molar-refractivity contribution in [3.8, 4) is 11.5 Å². The molecule has 6 heteroatoms. The molecule has 0 aliphatic heterocycles. The minimum absolute atomic E-state index is 0.0837. The van der Waals surface area contributed by atoms with Gasteiger partial charge < -0.3 is 21.7 Å². The summed E-state index contributed by atoms with van der Waals surface area (Å²) in [6.45, 7) is 0. The average Bonchev–Trinajstić information content (AvgIpc) is 2.56. The molecule has 0 heterocycles. The zero-order chi connectivity index (χ0) is 17.4. The van der Waals surface area contributed by atoms with E-state index in [4.69, 9.17) is 11.5 Å². The fraction of sp³-hybridized carbons (Fsp3) is 0.333. The first-order chi connectivity index (χ1) is 11.5. The highest BCUT2D eigenvalue weighted by atomic mass is 33.1. The van der Waals surface area contributed by atoms with E-state index < -0.39 is 0 Å². The van der Waals surface area contributed by atoms with Crippen LogP contribution in [0, 0.1) is 0 Å². The molecule has 0 bridgehead atoms. The van der Waals surface area contributed by atoms with Crippen molar-refractivity contribution >= 4 is 21.6 Å².